The highest BCUT2D eigenvalue weighted by Gasteiger charge is 2.39. The summed E-state index contributed by atoms with van der Waals surface area (Å²) < 4.78 is 11.0. The number of hydrogen-bond donors (Lipinski definition) is 2. The van der Waals surface area contributed by atoms with Gasteiger partial charge < -0.3 is 19.7 Å². The number of phenolic OH excluding ortho intramolecular Hbond substituents is 1. The smallest absolute Gasteiger partial charge is 0.231 e. The van der Waals surface area contributed by atoms with Crippen LogP contribution in [0.5, 0.6) is 17.2 Å². The Hall–Kier alpha value is -2.50. The minimum Gasteiger partial charge on any atom is -0.508 e. The monoisotopic (exact) mass is 351 g/mol. The van der Waals surface area contributed by atoms with Crippen LogP contribution in [0.25, 0.3) is 11.1 Å². The molecule has 0 aliphatic carbocycles. The van der Waals surface area contributed by atoms with Crippen LogP contribution in [0.1, 0.15) is 24.0 Å². The lowest BCUT2D eigenvalue weighted by atomic mass is 9.84. The fraction of sp³-hybridized carbons (Fsp3) is 0.333. The first-order valence-corrected chi connectivity index (χ1v) is 9.05. The molecule has 0 saturated carbocycles. The Morgan fingerprint density at radius 1 is 0.962 bits per heavy atom. The molecule has 2 aromatic rings. The normalized spacial score (nSPS) is 24.8. The van der Waals surface area contributed by atoms with Crippen molar-refractivity contribution in [3.8, 4) is 17.2 Å². The van der Waals surface area contributed by atoms with E-state index in [0.717, 1.165) is 59.7 Å². The van der Waals surface area contributed by atoms with Gasteiger partial charge in [-0.1, -0.05) is 18.2 Å². The number of aromatic hydroxyl groups is 1. The van der Waals surface area contributed by atoms with Gasteiger partial charge in [-0.25, -0.2) is 0 Å². The molecule has 5 heteroatoms. The molecule has 2 N–H and O–H groups in total. The van der Waals surface area contributed by atoms with Crippen molar-refractivity contribution >= 4 is 11.1 Å². The van der Waals surface area contributed by atoms with Crippen molar-refractivity contribution < 1.29 is 19.7 Å². The van der Waals surface area contributed by atoms with Crippen LogP contribution in [0.3, 0.4) is 0 Å². The van der Waals surface area contributed by atoms with E-state index in [1.165, 1.54) is 0 Å². The van der Waals surface area contributed by atoms with Crippen molar-refractivity contribution in [1.82, 2.24) is 4.90 Å². The molecule has 2 aromatic carbocycles. The van der Waals surface area contributed by atoms with E-state index < -0.39 is 6.10 Å². The molecule has 26 heavy (non-hydrogen) atoms. The van der Waals surface area contributed by atoms with Crippen LogP contribution < -0.4 is 9.47 Å². The third-order valence-electron chi connectivity index (χ3n) is 5.66. The maximum Gasteiger partial charge on any atom is 0.231 e. The third kappa shape index (κ3) is 2.47. The molecule has 3 aliphatic rings. The lowest BCUT2D eigenvalue weighted by Gasteiger charge is -2.38. The van der Waals surface area contributed by atoms with Crippen molar-refractivity contribution in [2.45, 2.75) is 25.0 Å². The minimum atomic E-state index is -0.546. The largest absolute Gasteiger partial charge is 0.508 e. The molecule has 5 rings (SSSR count). The molecule has 0 spiro atoms. The van der Waals surface area contributed by atoms with Gasteiger partial charge >= 0.3 is 0 Å². The summed E-state index contributed by atoms with van der Waals surface area (Å²) in [4.78, 5) is 2.36. The van der Waals surface area contributed by atoms with E-state index in [9.17, 15) is 10.2 Å². The third-order valence-corrected chi connectivity index (χ3v) is 5.66. The molecule has 0 bridgehead atoms. The second-order valence-electron chi connectivity index (χ2n) is 7.13. The zero-order chi connectivity index (χ0) is 17.7. The van der Waals surface area contributed by atoms with Crippen molar-refractivity contribution in [3.05, 3.63) is 53.6 Å². The van der Waals surface area contributed by atoms with E-state index in [-0.39, 0.29) is 18.6 Å². The molecule has 2 atom stereocenters. The van der Waals surface area contributed by atoms with Gasteiger partial charge in [0.25, 0.3) is 0 Å². The van der Waals surface area contributed by atoms with Crippen LogP contribution in [0.2, 0.25) is 0 Å². The van der Waals surface area contributed by atoms with Gasteiger partial charge in [0.15, 0.2) is 11.5 Å². The highest BCUT2D eigenvalue weighted by atomic mass is 16.7. The average Bonchev–Trinajstić information content (AvgIpc) is 3.30. The molecule has 5 nitrogen and oxygen atoms in total. The van der Waals surface area contributed by atoms with Gasteiger partial charge in [-0.05, 0) is 65.9 Å². The zero-order valence-corrected chi connectivity index (χ0v) is 14.4. The number of benzene rings is 2. The van der Waals surface area contributed by atoms with E-state index >= 15 is 0 Å². The first-order chi connectivity index (χ1) is 12.7. The molecule has 0 radical (unpaired) electrons. The number of fused-ring (bicyclic) bond motifs is 2. The Morgan fingerprint density at radius 3 is 2.58 bits per heavy atom. The minimum absolute atomic E-state index is 0.163. The molecule has 3 heterocycles. The maximum atomic E-state index is 11.2. The number of hydrogen-bond acceptors (Lipinski definition) is 5. The predicted octanol–water partition coefficient (Wildman–Crippen LogP) is 2.87. The molecule has 0 amide bonds. The van der Waals surface area contributed by atoms with E-state index in [1.807, 2.05) is 30.3 Å². The Bertz CT molecular complexity index is 874. The molecule has 3 aliphatic heterocycles. The fourth-order valence-electron chi connectivity index (χ4n) is 4.38. The van der Waals surface area contributed by atoms with Gasteiger partial charge in [-0.3, -0.25) is 4.90 Å². The van der Waals surface area contributed by atoms with E-state index in [1.54, 1.807) is 12.1 Å². The summed E-state index contributed by atoms with van der Waals surface area (Å²) in [6.45, 7) is 2.05. The van der Waals surface area contributed by atoms with Crippen LogP contribution in [0, 0.1) is 0 Å². The molecule has 134 valence electrons. The highest BCUT2D eigenvalue weighted by molar-refractivity contribution is 5.95. The second kappa shape index (κ2) is 6.04. The van der Waals surface area contributed by atoms with Gasteiger partial charge in [0.2, 0.25) is 6.79 Å². The van der Waals surface area contributed by atoms with E-state index in [2.05, 4.69) is 4.90 Å². The molecule has 0 aromatic heterocycles. The Labute approximate surface area is 152 Å². The topological polar surface area (TPSA) is 62.2 Å². The summed E-state index contributed by atoms with van der Waals surface area (Å²) in [7, 11) is 0. The first kappa shape index (κ1) is 15.7. The van der Waals surface area contributed by atoms with Crippen LogP contribution in [0.4, 0.5) is 0 Å². The van der Waals surface area contributed by atoms with E-state index in [4.69, 9.17) is 9.47 Å². The van der Waals surface area contributed by atoms with Crippen molar-refractivity contribution in [1.29, 1.82) is 0 Å². The predicted molar refractivity (Wildman–Crippen MR) is 98.1 cm³/mol. The zero-order valence-electron chi connectivity index (χ0n) is 14.4. The number of ether oxygens (including phenoxy) is 2. The summed E-state index contributed by atoms with van der Waals surface area (Å²) in [6.07, 6.45) is 1.58. The lowest BCUT2D eigenvalue weighted by molar-refractivity contribution is 0.115. The summed E-state index contributed by atoms with van der Waals surface area (Å²) in [5.74, 6) is 1.71. The summed E-state index contributed by atoms with van der Waals surface area (Å²) in [5, 5.41) is 20.8. The summed E-state index contributed by atoms with van der Waals surface area (Å²) >= 11 is 0. The number of aliphatic hydroxyl groups excluding tert-OH is 1. The van der Waals surface area contributed by atoms with Gasteiger partial charge in [0.05, 0.1) is 6.10 Å². The van der Waals surface area contributed by atoms with Gasteiger partial charge in [0, 0.05) is 12.6 Å². The van der Waals surface area contributed by atoms with Crippen molar-refractivity contribution in [2.75, 3.05) is 19.9 Å². The first-order valence-electron chi connectivity index (χ1n) is 9.05. The van der Waals surface area contributed by atoms with Crippen LogP contribution in [0.15, 0.2) is 42.5 Å². The van der Waals surface area contributed by atoms with Gasteiger partial charge in [0.1, 0.15) is 5.75 Å². The number of phenols is 1. The standard InChI is InChI=1S/C21H21NO4/c23-15-6-3-13(4-7-15)16-11-22-9-1-2-17(22)21(24)20(16)14-5-8-18-19(10-14)26-12-25-18/h3-8,10,17,21,23-24H,1-2,9,11-12H2. The number of aliphatic hydroxyl groups is 1. The van der Waals surface area contributed by atoms with Crippen LogP contribution >= 0.6 is 0 Å². The number of nitrogens with zero attached hydrogens (tertiary/aromatic N) is 1. The van der Waals surface area contributed by atoms with Crippen LogP contribution in [-0.2, 0) is 0 Å². The highest BCUT2D eigenvalue weighted by Crippen LogP contribution is 2.43. The summed E-state index contributed by atoms with van der Waals surface area (Å²) in [6, 6.07) is 13.3. The molecule has 1 fully saturated rings. The molecule has 1 saturated heterocycles. The van der Waals surface area contributed by atoms with Crippen molar-refractivity contribution in [2.24, 2.45) is 0 Å². The van der Waals surface area contributed by atoms with E-state index in [0.29, 0.717) is 0 Å². The van der Waals surface area contributed by atoms with Gasteiger partial charge in [-0.15, -0.1) is 0 Å². The quantitative estimate of drug-likeness (QED) is 0.871. The Morgan fingerprint density at radius 2 is 1.73 bits per heavy atom. The second-order valence-corrected chi connectivity index (χ2v) is 7.13. The molecular formula is C21H21NO4. The molecular weight excluding hydrogens is 330 g/mol. The number of rotatable bonds is 2. The molecule has 2 unspecified atom stereocenters. The SMILES string of the molecule is Oc1ccc(C2=C(c3ccc4c(c3)OCO4)C(O)C3CCCN3C2)cc1. The van der Waals surface area contributed by atoms with Gasteiger partial charge in [-0.2, -0.15) is 0 Å². The fourth-order valence-corrected chi connectivity index (χ4v) is 4.38. The van der Waals surface area contributed by atoms with Crippen molar-refractivity contribution in [3.63, 3.8) is 0 Å². The Balaban J connectivity index is 1.67. The summed E-state index contributed by atoms with van der Waals surface area (Å²) in [5.41, 5.74) is 4.06. The van der Waals surface area contributed by atoms with Crippen LogP contribution in [-0.4, -0.2) is 47.1 Å². The Kier molecular flexibility index (Phi) is 3.65. The average molecular weight is 351 g/mol. The lowest BCUT2D eigenvalue weighted by Crippen LogP contribution is -2.44. The maximum absolute atomic E-state index is 11.2.